The summed E-state index contributed by atoms with van der Waals surface area (Å²) < 4.78 is 11.2. The second-order valence-corrected chi connectivity index (χ2v) is 6.45. The van der Waals surface area contributed by atoms with E-state index in [-0.39, 0.29) is 11.3 Å². The number of morpholine rings is 1. The summed E-state index contributed by atoms with van der Waals surface area (Å²) in [7, 11) is 0. The fraction of sp³-hybridized carbons (Fsp3) is 0.300. The van der Waals surface area contributed by atoms with E-state index in [0.717, 1.165) is 44.2 Å². The van der Waals surface area contributed by atoms with E-state index in [1.807, 2.05) is 24.3 Å². The first-order valence-electron chi connectivity index (χ1n) is 8.95. The summed E-state index contributed by atoms with van der Waals surface area (Å²) in [5.74, 6) is 1.24. The number of benzene rings is 2. The van der Waals surface area contributed by atoms with Crippen LogP contribution in [0.1, 0.15) is 0 Å². The van der Waals surface area contributed by atoms with Crippen LogP contribution in [0, 0.1) is 0 Å². The summed E-state index contributed by atoms with van der Waals surface area (Å²) in [5.41, 5.74) is 1.01. The number of ether oxygens (including phenoxy) is 2. The molecule has 0 amide bonds. The molecule has 0 aliphatic carbocycles. The summed E-state index contributed by atoms with van der Waals surface area (Å²) >= 11 is 0. The Bertz CT molecular complexity index is 996. The molecule has 1 fully saturated rings. The average Bonchev–Trinajstić information content (AvgIpc) is 2.69. The predicted molar refractivity (Wildman–Crippen MR) is 102 cm³/mol. The van der Waals surface area contributed by atoms with Gasteiger partial charge in [-0.3, -0.25) is 9.69 Å². The van der Waals surface area contributed by atoms with Crippen molar-refractivity contribution >= 4 is 10.9 Å². The van der Waals surface area contributed by atoms with Crippen LogP contribution in [0.25, 0.3) is 22.3 Å². The second-order valence-electron chi connectivity index (χ2n) is 6.45. The first kappa shape index (κ1) is 17.5. The van der Waals surface area contributed by atoms with Gasteiger partial charge in [-0.05, 0) is 30.3 Å². The molecule has 1 aliphatic heterocycles. The molecule has 3 aromatic rings. The third kappa shape index (κ3) is 4.10. The van der Waals surface area contributed by atoms with Gasteiger partial charge in [-0.25, -0.2) is 4.98 Å². The summed E-state index contributed by atoms with van der Waals surface area (Å²) in [6, 6.07) is 12.1. The number of aromatic hydroxyl groups is 1. The third-order valence-corrected chi connectivity index (χ3v) is 4.58. The number of hydrogen-bond acceptors (Lipinski definition) is 6. The minimum absolute atomic E-state index is 0.0400. The van der Waals surface area contributed by atoms with Gasteiger partial charge in [0, 0.05) is 25.2 Å². The number of fused-ring (bicyclic) bond motifs is 1. The molecule has 2 heterocycles. The largest absolute Gasteiger partial charge is 0.508 e. The van der Waals surface area contributed by atoms with Crippen molar-refractivity contribution in [2.45, 2.75) is 0 Å². The minimum Gasteiger partial charge on any atom is -0.508 e. The fourth-order valence-corrected chi connectivity index (χ4v) is 3.11. The SMILES string of the molecule is O=c1[nH]c(-c2cccc(OCCN3CCOCC3)c2)nc2ccc(O)cc12. The van der Waals surface area contributed by atoms with Crippen LogP contribution in [0.4, 0.5) is 0 Å². The summed E-state index contributed by atoms with van der Waals surface area (Å²) in [4.78, 5) is 21.9. The molecule has 1 aromatic heterocycles. The van der Waals surface area contributed by atoms with Crippen LogP contribution in [0.15, 0.2) is 47.3 Å². The number of aromatic amines is 1. The first-order valence-corrected chi connectivity index (χ1v) is 8.95. The molecule has 0 atom stereocenters. The molecule has 1 aliphatic rings. The molecule has 4 rings (SSSR count). The average molecular weight is 367 g/mol. The fourth-order valence-electron chi connectivity index (χ4n) is 3.11. The van der Waals surface area contributed by atoms with Gasteiger partial charge in [0.2, 0.25) is 0 Å². The zero-order valence-electron chi connectivity index (χ0n) is 14.9. The van der Waals surface area contributed by atoms with E-state index >= 15 is 0 Å². The smallest absolute Gasteiger partial charge is 0.259 e. The van der Waals surface area contributed by atoms with Gasteiger partial charge in [-0.1, -0.05) is 12.1 Å². The van der Waals surface area contributed by atoms with Crippen molar-refractivity contribution in [2.75, 3.05) is 39.5 Å². The molecule has 7 heteroatoms. The number of phenolic OH excluding ortho intramolecular Hbond substituents is 1. The minimum atomic E-state index is -0.287. The molecular weight excluding hydrogens is 346 g/mol. The van der Waals surface area contributed by atoms with E-state index in [2.05, 4.69) is 14.9 Å². The molecule has 2 N–H and O–H groups in total. The lowest BCUT2D eigenvalue weighted by molar-refractivity contribution is 0.0322. The van der Waals surface area contributed by atoms with Crippen LogP contribution in [-0.2, 0) is 4.74 Å². The van der Waals surface area contributed by atoms with Crippen molar-refractivity contribution < 1.29 is 14.6 Å². The molecule has 7 nitrogen and oxygen atoms in total. The highest BCUT2D eigenvalue weighted by Gasteiger charge is 2.11. The Morgan fingerprint density at radius 2 is 2.04 bits per heavy atom. The van der Waals surface area contributed by atoms with Crippen LogP contribution in [-0.4, -0.2) is 59.4 Å². The molecule has 27 heavy (non-hydrogen) atoms. The van der Waals surface area contributed by atoms with Gasteiger partial charge >= 0.3 is 0 Å². The van der Waals surface area contributed by atoms with Gasteiger partial charge in [0.1, 0.15) is 23.9 Å². The number of hydrogen-bond donors (Lipinski definition) is 2. The topological polar surface area (TPSA) is 87.7 Å². The van der Waals surface area contributed by atoms with Crippen molar-refractivity contribution in [3.05, 3.63) is 52.8 Å². The van der Waals surface area contributed by atoms with Crippen LogP contribution in [0.3, 0.4) is 0 Å². The van der Waals surface area contributed by atoms with Crippen LogP contribution in [0.2, 0.25) is 0 Å². The summed E-state index contributed by atoms with van der Waals surface area (Å²) in [5, 5.41) is 9.90. The van der Waals surface area contributed by atoms with Crippen LogP contribution < -0.4 is 10.3 Å². The van der Waals surface area contributed by atoms with Crippen molar-refractivity contribution in [3.8, 4) is 22.9 Å². The second kappa shape index (κ2) is 7.77. The van der Waals surface area contributed by atoms with Gasteiger partial charge < -0.3 is 19.6 Å². The monoisotopic (exact) mass is 367 g/mol. The van der Waals surface area contributed by atoms with Gasteiger partial charge in [-0.15, -0.1) is 0 Å². The quantitative estimate of drug-likeness (QED) is 0.717. The van der Waals surface area contributed by atoms with Gasteiger partial charge in [0.05, 0.1) is 24.1 Å². The molecule has 0 spiro atoms. The number of nitrogens with zero attached hydrogens (tertiary/aromatic N) is 2. The number of aromatic nitrogens is 2. The molecule has 140 valence electrons. The highest BCUT2D eigenvalue weighted by Crippen LogP contribution is 2.22. The van der Waals surface area contributed by atoms with Crippen molar-refractivity contribution in [2.24, 2.45) is 0 Å². The van der Waals surface area contributed by atoms with E-state index in [4.69, 9.17) is 9.47 Å². The molecular formula is C20H21N3O4. The molecule has 2 aromatic carbocycles. The standard InChI is InChI=1S/C20H21N3O4/c24-15-4-5-18-17(13-15)20(25)22-19(21-18)14-2-1-3-16(12-14)27-11-8-23-6-9-26-10-7-23/h1-5,12-13,24H,6-11H2,(H,21,22,25). The lowest BCUT2D eigenvalue weighted by Crippen LogP contribution is -2.38. The Kier molecular flexibility index (Phi) is 5.04. The van der Waals surface area contributed by atoms with Crippen LogP contribution in [0.5, 0.6) is 11.5 Å². The lowest BCUT2D eigenvalue weighted by atomic mass is 10.2. The molecule has 0 unspecified atom stereocenters. The molecule has 0 saturated carbocycles. The maximum absolute atomic E-state index is 12.3. The Balaban J connectivity index is 1.51. The Morgan fingerprint density at radius 1 is 1.19 bits per heavy atom. The normalized spacial score (nSPS) is 15.1. The Morgan fingerprint density at radius 3 is 2.89 bits per heavy atom. The predicted octanol–water partition coefficient (Wildman–Crippen LogP) is 2.01. The van der Waals surface area contributed by atoms with E-state index in [1.54, 1.807) is 6.07 Å². The molecule has 0 bridgehead atoms. The van der Waals surface area contributed by atoms with Crippen LogP contribution >= 0.6 is 0 Å². The summed E-state index contributed by atoms with van der Waals surface area (Å²) in [6.45, 7) is 4.84. The van der Waals surface area contributed by atoms with Gasteiger partial charge in [-0.2, -0.15) is 0 Å². The van der Waals surface area contributed by atoms with E-state index in [1.165, 1.54) is 12.1 Å². The first-order chi connectivity index (χ1) is 13.2. The van der Waals surface area contributed by atoms with E-state index in [9.17, 15) is 9.90 Å². The lowest BCUT2D eigenvalue weighted by Gasteiger charge is -2.26. The number of phenols is 1. The van der Waals surface area contributed by atoms with Crippen molar-refractivity contribution in [3.63, 3.8) is 0 Å². The Hall–Kier alpha value is -2.90. The highest BCUT2D eigenvalue weighted by molar-refractivity contribution is 5.80. The van der Waals surface area contributed by atoms with Gasteiger partial charge in [0.15, 0.2) is 0 Å². The van der Waals surface area contributed by atoms with E-state index < -0.39 is 0 Å². The highest BCUT2D eigenvalue weighted by atomic mass is 16.5. The van der Waals surface area contributed by atoms with Crippen molar-refractivity contribution in [1.82, 2.24) is 14.9 Å². The number of nitrogens with one attached hydrogen (secondary N) is 1. The zero-order chi connectivity index (χ0) is 18.6. The van der Waals surface area contributed by atoms with E-state index in [0.29, 0.717) is 23.3 Å². The maximum Gasteiger partial charge on any atom is 0.259 e. The summed E-state index contributed by atoms with van der Waals surface area (Å²) in [6.07, 6.45) is 0. The third-order valence-electron chi connectivity index (χ3n) is 4.58. The molecule has 0 radical (unpaired) electrons. The maximum atomic E-state index is 12.3. The number of H-pyrrole nitrogens is 1. The number of rotatable bonds is 5. The zero-order valence-corrected chi connectivity index (χ0v) is 14.9. The van der Waals surface area contributed by atoms with Gasteiger partial charge in [0.25, 0.3) is 5.56 Å². The Labute approximate surface area is 156 Å². The molecule has 1 saturated heterocycles. The van der Waals surface area contributed by atoms with Crippen molar-refractivity contribution in [1.29, 1.82) is 0 Å².